The van der Waals surface area contributed by atoms with Crippen LogP contribution in [0.5, 0.6) is 11.5 Å². The second-order valence-electron chi connectivity index (χ2n) is 9.61. The summed E-state index contributed by atoms with van der Waals surface area (Å²) in [6.45, 7) is 6.42. The SMILES string of the molecule is COC(=O)C1=C(C)NC2=C(C(=O)CC(C)(C)C2)[C@@H]1c1ccc(OCc2ccccc2)c(OC)c1. The Bertz CT molecular complexity index is 1180. The molecule has 34 heavy (non-hydrogen) atoms. The number of carbonyl (C=O) groups is 2. The minimum atomic E-state index is -0.538. The van der Waals surface area contributed by atoms with Crippen LogP contribution in [0.1, 0.15) is 50.7 Å². The lowest BCUT2D eigenvalue weighted by Crippen LogP contribution is -2.38. The highest BCUT2D eigenvalue weighted by Crippen LogP contribution is 2.47. The molecule has 2 aromatic rings. The number of benzene rings is 2. The van der Waals surface area contributed by atoms with Crippen molar-refractivity contribution in [2.75, 3.05) is 14.2 Å². The van der Waals surface area contributed by atoms with Crippen molar-refractivity contribution in [3.8, 4) is 11.5 Å². The van der Waals surface area contributed by atoms with Crippen molar-refractivity contribution in [3.05, 3.63) is 82.2 Å². The summed E-state index contributed by atoms with van der Waals surface area (Å²) in [5, 5.41) is 3.33. The fourth-order valence-corrected chi connectivity index (χ4v) is 4.87. The predicted octanol–water partition coefficient (Wildman–Crippen LogP) is 5.05. The topological polar surface area (TPSA) is 73.9 Å². The van der Waals surface area contributed by atoms with Gasteiger partial charge in [0.1, 0.15) is 6.61 Å². The summed E-state index contributed by atoms with van der Waals surface area (Å²) >= 11 is 0. The van der Waals surface area contributed by atoms with Gasteiger partial charge in [-0.25, -0.2) is 4.79 Å². The number of esters is 1. The first kappa shape index (κ1) is 23.6. The molecule has 0 unspecified atom stereocenters. The van der Waals surface area contributed by atoms with Gasteiger partial charge in [-0.2, -0.15) is 0 Å². The number of rotatable bonds is 6. The summed E-state index contributed by atoms with van der Waals surface area (Å²) in [5.74, 6) is 0.183. The molecule has 0 saturated heterocycles. The molecule has 1 aliphatic carbocycles. The van der Waals surface area contributed by atoms with Crippen LogP contribution in [0.15, 0.2) is 71.1 Å². The molecular weight excluding hydrogens is 430 g/mol. The Morgan fingerprint density at radius 3 is 2.47 bits per heavy atom. The number of Topliss-reactive ketones (excluding diaryl/α,β-unsaturated/α-hetero) is 1. The Kier molecular flexibility index (Phi) is 6.51. The van der Waals surface area contributed by atoms with Gasteiger partial charge in [0.05, 0.1) is 19.8 Å². The zero-order valence-electron chi connectivity index (χ0n) is 20.4. The molecule has 2 aliphatic rings. The normalized spacial score (nSPS) is 19.3. The molecule has 0 spiro atoms. The van der Waals surface area contributed by atoms with Crippen molar-refractivity contribution in [2.45, 2.75) is 46.1 Å². The highest BCUT2D eigenvalue weighted by atomic mass is 16.5. The summed E-state index contributed by atoms with van der Waals surface area (Å²) in [5.41, 5.74) is 4.32. The largest absolute Gasteiger partial charge is 0.493 e. The van der Waals surface area contributed by atoms with E-state index < -0.39 is 11.9 Å². The van der Waals surface area contributed by atoms with E-state index >= 15 is 0 Å². The van der Waals surface area contributed by atoms with Crippen molar-refractivity contribution >= 4 is 11.8 Å². The molecule has 178 valence electrons. The fraction of sp³-hybridized carbons (Fsp3) is 0.357. The quantitative estimate of drug-likeness (QED) is 0.607. The van der Waals surface area contributed by atoms with Gasteiger partial charge in [-0.05, 0) is 42.0 Å². The molecule has 2 aromatic carbocycles. The summed E-state index contributed by atoms with van der Waals surface area (Å²) in [7, 11) is 2.94. The summed E-state index contributed by atoms with van der Waals surface area (Å²) in [6.07, 6.45) is 1.15. The van der Waals surface area contributed by atoms with Gasteiger partial charge in [0.2, 0.25) is 0 Å². The first-order valence-corrected chi connectivity index (χ1v) is 11.4. The summed E-state index contributed by atoms with van der Waals surface area (Å²) in [6, 6.07) is 15.5. The number of methoxy groups -OCH3 is 2. The monoisotopic (exact) mass is 461 g/mol. The van der Waals surface area contributed by atoms with Crippen LogP contribution in [-0.4, -0.2) is 26.0 Å². The molecule has 6 nitrogen and oxygen atoms in total. The molecule has 1 aliphatic heterocycles. The van der Waals surface area contributed by atoms with Crippen LogP contribution in [0.3, 0.4) is 0 Å². The molecule has 1 N–H and O–H groups in total. The lowest BCUT2D eigenvalue weighted by molar-refractivity contribution is -0.136. The molecule has 0 aromatic heterocycles. The smallest absolute Gasteiger partial charge is 0.336 e. The van der Waals surface area contributed by atoms with Crippen LogP contribution < -0.4 is 14.8 Å². The average molecular weight is 462 g/mol. The molecule has 0 amide bonds. The molecule has 1 heterocycles. The van der Waals surface area contributed by atoms with E-state index in [-0.39, 0.29) is 11.2 Å². The molecule has 0 fully saturated rings. The van der Waals surface area contributed by atoms with Gasteiger partial charge in [-0.1, -0.05) is 50.2 Å². The molecule has 0 saturated carbocycles. The minimum absolute atomic E-state index is 0.0426. The maximum Gasteiger partial charge on any atom is 0.336 e. The van der Waals surface area contributed by atoms with E-state index in [9.17, 15) is 9.59 Å². The number of ether oxygens (including phenoxy) is 3. The maximum absolute atomic E-state index is 13.3. The molecule has 1 atom stereocenters. The highest BCUT2D eigenvalue weighted by molar-refractivity contribution is 6.04. The van der Waals surface area contributed by atoms with E-state index in [4.69, 9.17) is 14.2 Å². The van der Waals surface area contributed by atoms with E-state index in [0.29, 0.717) is 41.4 Å². The zero-order valence-corrected chi connectivity index (χ0v) is 20.4. The lowest BCUT2D eigenvalue weighted by atomic mass is 9.68. The van der Waals surface area contributed by atoms with Crippen LogP contribution in [0.4, 0.5) is 0 Å². The first-order valence-electron chi connectivity index (χ1n) is 11.4. The van der Waals surface area contributed by atoms with Crippen LogP contribution in [0.25, 0.3) is 0 Å². The van der Waals surface area contributed by atoms with Gasteiger partial charge in [-0.15, -0.1) is 0 Å². The van der Waals surface area contributed by atoms with E-state index in [1.54, 1.807) is 7.11 Å². The predicted molar refractivity (Wildman–Crippen MR) is 129 cm³/mol. The van der Waals surface area contributed by atoms with Crippen molar-refractivity contribution < 1.29 is 23.8 Å². The lowest BCUT2D eigenvalue weighted by Gasteiger charge is -2.39. The van der Waals surface area contributed by atoms with Gasteiger partial charge in [0.15, 0.2) is 17.3 Å². The van der Waals surface area contributed by atoms with Gasteiger partial charge >= 0.3 is 5.97 Å². The molecule has 6 heteroatoms. The molecular formula is C28H31NO5. The third kappa shape index (κ3) is 4.58. The third-order valence-electron chi connectivity index (χ3n) is 6.40. The Labute approximate surface area is 200 Å². The average Bonchev–Trinajstić information content (AvgIpc) is 2.81. The van der Waals surface area contributed by atoms with Crippen LogP contribution in [0.2, 0.25) is 0 Å². The minimum Gasteiger partial charge on any atom is -0.493 e. The first-order chi connectivity index (χ1) is 16.2. The van der Waals surface area contributed by atoms with Gasteiger partial charge < -0.3 is 19.5 Å². The number of dihydropyridines is 1. The van der Waals surface area contributed by atoms with Crippen LogP contribution in [0, 0.1) is 5.41 Å². The number of hydrogen-bond acceptors (Lipinski definition) is 6. The van der Waals surface area contributed by atoms with Gasteiger partial charge in [-0.3, -0.25) is 4.79 Å². The van der Waals surface area contributed by atoms with E-state index in [2.05, 4.69) is 19.2 Å². The van der Waals surface area contributed by atoms with E-state index in [0.717, 1.165) is 23.2 Å². The third-order valence-corrected chi connectivity index (χ3v) is 6.40. The Morgan fingerprint density at radius 2 is 1.79 bits per heavy atom. The van der Waals surface area contributed by atoms with Crippen LogP contribution in [-0.2, 0) is 20.9 Å². The molecule has 0 bridgehead atoms. The number of carbonyl (C=O) groups excluding carboxylic acids is 2. The summed E-state index contributed by atoms with van der Waals surface area (Å²) < 4.78 is 16.8. The van der Waals surface area contributed by atoms with Gasteiger partial charge in [0, 0.05) is 29.3 Å². The van der Waals surface area contributed by atoms with Crippen molar-refractivity contribution in [1.82, 2.24) is 5.32 Å². The number of hydrogen-bond donors (Lipinski definition) is 1. The Hall–Kier alpha value is -3.54. The highest BCUT2D eigenvalue weighted by Gasteiger charge is 2.43. The second kappa shape index (κ2) is 9.37. The van der Waals surface area contributed by atoms with Crippen molar-refractivity contribution in [1.29, 1.82) is 0 Å². The fourth-order valence-electron chi connectivity index (χ4n) is 4.87. The second-order valence-corrected chi connectivity index (χ2v) is 9.61. The van der Waals surface area contributed by atoms with Gasteiger partial charge in [0.25, 0.3) is 0 Å². The van der Waals surface area contributed by atoms with E-state index in [1.165, 1.54) is 7.11 Å². The van der Waals surface area contributed by atoms with E-state index in [1.807, 2.05) is 55.5 Å². The maximum atomic E-state index is 13.3. The molecule has 4 rings (SSSR count). The standard InChI is InChI=1S/C28H31NO5/c1-17-24(27(31)33-5)25(26-20(29-17)14-28(2,3)15-21(26)30)19-11-12-22(23(13-19)32-4)34-16-18-9-7-6-8-10-18/h6-13,25,29H,14-16H2,1-5H3/t25-/m1/s1. The zero-order chi connectivity index (χ0) is 24.5. The number of ketones is 1. The van der Waals surface area contributed by atoms with Crippen molar-refractivity contribution in [2.24, 2.45) is 5.41 Å². The Morgan fingerprint density at radius 1 is 1.06 bits per heavy atom. The summed E-state index contributed by atoms with van der Waals surface area (Å²) in [4.78, 5) is 26.2. The number of allylic oxidation sites excluding steroid dienone is 3. The van der Waals surface area contributed by atoms with Crippen molar-refractivity contribution in [3.63, 3.8) is 0 Å². The Balaban J connectivity index is 1.75. The molecule has 0 radical (unpaired) electrons. The van der Waals surface area contributed by atoms with Crippen LogP contribution >= 0.6 is 0 Å². The number of nitrogens with one attached hydrogen (secondary N) is 1.